The van der Waals surface area contributed by atoms with Gasteiger partial charge in [-0.3, -0.25) is 0 Å². The van der Waals surface area contributed by atoms with Gasteiger partial charge in [-0.25, -0.2) is 4.79 Å². The summed E-state index contributed by atoms with van der Waals surface area (Å²) in [5.74, 6) is 1.33. The number of hydrogen-bond acceptors (Lipinski definition) is 4. The molecule has 118 valence electrons. The smallest absolute Gasteiger partial charge is 0.315 e. The minimum Gasteiger partial charge on any atom is -0.361 e. The summed E-state index contributed by atoms with van der Waals surface area (Å²) in [7, 11) is 0. The van der Waals surface area contributed by atoms with Gasteiger partial charge in [-0.15, -0.1) is 0 Å². The van der Waals surface area contributed by atoms with Crippen LogP contribution in [-0.2, 0) is 6.54 Å². The number of carbonyl (C=O) groups excluding carboxylic acids is 1. The summed E-state index contributed by atoms with van der Waals surface area (Å²) >= 11 is 0. The lowest BCUT2D eigenvalue weighted by atomic mass is 10.1. The van der Waals surface area contributed by atoms with Gasteiger partial charge in [0.25, 0.3) is 0 Å². The van der Waals surface area contributed by atoms with Crippen molar-refractivity contribution in [3.63, 3.8) is 0 Å². The number of nitrogens with one attached hydrogen (secondary N) is 2. The van der Waals surface area contributed by atoms with Gasteiger partial charge in [-0.2, -0.15) is 0 Å². The van der Waals surface area contributed by atoms with E-state index in [0.717, 1.165) is 43.2 Å². The molecule has 1 atom stereocenters. The molecular formula is C15H26N4O2. The maximum absolute atomic E-state index is 11.8. The molecule has 0 aliphatic carbocycles. The fourth-order valence-corrected chi connectivity index (χ4v) is 2.82. The van der Waals surface area contributed by atoms with Gasteiger partial charge < -0.3 is 20.1 Å². The molecule has 2 N–H and O–H groups in total. The van der Waals surface area contributed by atoms with Crippen molar-refractivity contribution < 1.29 is 9.32 Å². The topological polar surface area (TPSA) is 70.4 Å². The molecule has 21 heavy (non-hydrogen) atoms. The van der Waals surface area contributed by atoms with Crippen molar-refractivity contribution in [1.82, 2.24) is 20.7 Å². The maximum atomic E-state index is 11.8. The Balaban J connectivity index is 1.66. The van der Waals surface area contributed by atoms with E-state index in [2.05, 4.69) is 27.6 Å². The predicted molar refractivity (Wildman–Crippen MR) is 81.1 cm³/mol. The second-order valence-electron chi connectivity index (χ2n) is 5.82. The molecule has 1 aromatic rings. The molecule has 6 heteroatoms. The Kier molecular flexibility index (Phi) is 5.61. The summed E-state index contributed by atoms with van der Waals surface area (Å²) in [6.07, 6.45) is 2.36. The van der Waals surface area contributed by atoms with Crippen LogP contribution >= 0.6 is 0 Å². The van der Waals surface area contributed by atoms with Gasteiger partial charge >= 0.3 is 6.03 Å². The molecule has 0 saturated carbocycles. The molecule has 2 rings (SSSR count). The number of urea groups is 1. The standard InChI is InChI=1S/C15H26N4O2/c1-4-6-19-7-5-13(10-19)8-16-15(20)17-9-14-11(2)18-21-12(14)3/h13H,4-10H2,1-3H3,(H2,16,17,20)/t13-/m1/s1. The molecule has 2 heterocycles. The van der Waals surface area contributed by atoms with E-state index in [1.165, 1.54) is 12.8 Å². The van der Waals surface area contributed by atoms with Crippen LogP contribution in [0, 0.1) is 19.8 Å². The van der Waals surface area contributed by atoms with Gasteiger partial charge in [0.1, 0.15) is 5.76 Å². The maximum Gasteiger partial charge on any atom is 0.315 e. The number of hydrogen-bond donors (Lipinski definition) is 2. The predicted octanol–water partition coefficient (Wildman–Crippen LogP) is 1.82. The molecule has 0 radical (unpaired) electrons. The van der Waals surface area contributed by atoms with Crippen molar-refractivity contribution >= 4 is 6.03 Å². The number of nitrogens with zero attached hydrogens (tertiary/aromatic N) is 2. The van der Waals surface area contributed by atoms with Crippen molar-refractivity contribution in [2.24, 2.45) is 5.92 Å². The second-order valence-corrected chi connectivity index (χ2v) is 5.82. The lowest BCUT2D eigenvalue weighted by molar-refractivity contribution is 0.238. The Morgan fingerprint density at radius 2 is 2.24 bits per heavy atom. The Bertz CT molecular complexity index is 453. The third-order valence-electron chi connectivity index (χ3n) is 4.07. The molecule has 2 amide bonds. The van der Waals surface area contributed by atoms with E-state index in [0.29, 0.717) is 12.5 Å². The molecule has 1 aliphatic rings. The quantitative estimate of drug-likeness (QED) is 0.839. The lowest BCUT2D eigenvalue weighted by Crippen LogP contribution is -2.38. The van der Waals surface area contributed by atoms with Crippen LogP contribution in [-0.4, -0.2) is 42.3 Å². The lowest BCUT2D eigenvalue weighted by Gasteiger charge is -2.15. The summed E-state index contributed by atoms with van der Waals surface area (Å²) < 4.78 is 5.08. The van der Waals surface area contributed by atoms with Crippen LogP contribution < -0.4 is 10.6 Å². The van der Waals surface area contributed by atoms with Gasteiger partial charge in [-0.05, 0) is 45.7 Å². The van der Waals surface area contributed by atoms with E-state index < -0.39 is 0 Å². The summed E-state index contributed by atoms with van der Waals surface area (Å²) in [6.45, 7) is 10.6. The van der Waals surface area contributed by atoms with Crippen molar-refractivity contribution in [2.45, 2.75) is 40.2 Å². The minimum absolute atomic E-state index is 0.121. The molecular weight excluding hydrogens is 268 g/mol. The van der Waals surface area contributed by atoms with Gasteiger partial charge in [0.2, 0.25) is 0 Å². The van der Waals surface area contributed by atoms with E-state index in [1.807, 2.05) is 13.8 Å². The van der Waals surface area contributed by atoms with Gasteiger partial charge in [0.05, 0.1) is 5.69 Å². The number of aromatic nitrogens is 1. The zero-order valence-corrected chi connectivity index (χ0v) is 13.2. The normalized spacial score (nSPS) is 18.9. The molecule has 0 aromatic carbocycles. The van der Waals surface area contributed by atoms with Crippen LogP contribution in [0.15, 0.2) is 4.52 Å². The average molecular weight is 294 g/mol. The number of aryl methyl sites for hydroxylation is 2. The van der Waals surface area contributed by atoms with Gasteiger partial charge in [0.15, 0.2) is 0 Å². The molecule has 0 spiro atoms. The van der Waals surface area contributed by atoms with Gasteiger partial charge in [0, 0.05) is 25.2 Å². The van der Waals surface area contributed by atoms with Crippen LogP contribution in [0.25, 0.3) is 0 Å². The second kappa shape index (κ2) is 7.45. The number of rotatable bonds is 6. The molecule has 1 saturated heterocycles. The summed E-state index contributed by atoms with van der Waals surface area (Å²) in [4.78, 5) is 14.3. The fourth-order valence-electron chi connectivity index (χ4n) is 2.82. The van der Waals surface area contributed by atoms with E-state index in [9.17, 15) is 4.79 Å². The molecule has 1 aliphatic heterocycles. The molecule has 1 fully saturated rings. The van der Waals surface area contributed by atoms with Crippen molar-refractivity contribution in [3.05, 3.63) is 17.0 Å². The van der Waals surface area contributed by atoms with E-state index in [1.54, 1.807) is 0 Å². The van der Waals surface area contributed by atoms with E-state index >= 15 is 0 Å². The highest BCUT2D eigenvalue weighted by Gasteiger charge is 2.22. The third kappa shape index (κ3) is 4.46. The van der Waals surface area contributed by atoms with Crippen molar-refractivity contribution in [2.75, 3.05) is 26.2 Å². The zero-order valence-electron chi connectivity index (χ0n) is 13.2. The highest BCUT2D eigenvalue weighted by Crippen LogP contribution is 2.15. The highest BCUT2D eigenvalue weighted by atomic mass is 16.5. The first-order chi connectivity index (χ1) is 10.1. The Hall–Kier alpha value is -1.56. The minimum atomic E-state index is -0.121. The van der Waals surface area contributed by atoms with Crippen LogP contribution in [0.4, 0.5) is 4.79 Å². The summed E-state index contributed by atoms with van der Waals surface area (Å²) in [5.41, 5.74) is 1.79. The monoisotopic (exact) mass is 294 g/mol. The Morgan fingerprint density at radius 1 is 1.43 bits per heavy atom. The van der Waals surface area contributed by atoms with Crippen LogP contribution in [0.2, 0.25) is 0 Å². The molecule has 6 nitrogen and oxygen atoms in total. The van der Waals surface area contributed by atoms with Gasteiger partial charge in [-0.1, -0.05) is 12.1 Å². The summed E-state index contributed by atoms with van der Waals surface area (Å²) in [6, 6.07) is -0.121. The molecule has 1 aromatic heterocycles. The molecule has 0 unspecified atom stereocenters. The highest BCUT2D eigenvalue weighted by molar-refractivity contribution is 5.73. The Morgan fingerprint density at radius 3 is 2.90 bits per heavy atom. The van der Waals surface area contributed by atoms with Crippen molar-refractivity contribution in [3.8, 4) is 0 Å². The fraction of sp³-hybridized carbons (Fsp3) is 0.733. The summed E-state index contributed by atoms with van der Waals surface area (Å²) in [5, 5.41) is 9.70. The number of carbonyl (C=O) groups is 1. The van der Waals surface area contributed by atoms with E-state index in [4.69, 9.17) is 4.52 Å². The van der Waals surface area contributed by atoms with E-state index in [-0.39, 0.29) is 6.03 Å². The first kappa shape index (κ1) is 15.8. The SMILES string of the molecule is CCCN1CC[C@H](CNC(=O)NCc2c(C)noc2C)C1. The first-order valence-electron chi connectivity index (χ1n) is 7.76. The molecule has 0 bridgehead atoms. The van der Waals surface area contributed by atoms with Crippen LogP contribution in [0.1, 0.15) is 36.8 Å². The largest absolute Gasteiger partial charge is 0.361 e. The van der Waals surface area contributed by atoms with Crippen LogP contribution in [0.3, 0.4) is 0 Å². The number of amides is 2. The number of likely N-dealkylation sites (tertiary alicyclic amines) is 1. The van der Waals surface area contributed by atoms with Crippen molar-refractivity contribution in [1.29, 1.82) is 0 Å². The third-order valence-corrected chi connectivity index (χ3v) is 4.07. The first-order valence-corrected chi connectivity index (χ1v) is 7.76. The Labute approximate surface area is 126 Å². The van der Waals surface area contributed by atoms with Crippen LogP contribution in [0.5, 0.6) is 0 Å². The average Bonchev–Trinajstić information content (AvgIpc) is 3.03. The zero-order chi connectivity index (χ0) is 15.2.